The highest BCUT2D eigenvalue weighted by molar-refractivity contribution is 7.91. The molecule has 0 unspecified atom stereocenters. The standard InChI is InChI=1S/C14H21N3O2S/c1-2-16-10-8-14(9-11-16)12-17(20(18,19)15-14)13-6-4-3-5-7-13/h3-7,15H,2,8-12H2,1H3. The third kappa shape index (κ3) is 2.43. The lowest BCUT2D eigenvalue weighted by Crippen LogP contribution is -2.52. The highest BCUT2D eigenvalue weighted by atomic mass is 32.2. The van der Waals surface area contributed by atoms with Crippen LogP contribution in [0, 0.1) is 0 Å². The summed E-state index contributed by atoms with van der Waals surface area (Å²) in [6.07, 6.45) is 1.76. The molecular formula is C14H21N3O2S. The van der Waals surface area contributed by atoms with Crippen molar-refractivity contribution >= 4 is 15.9 Å². The smallest absolute Gasteiger partial charge is 0.302 e. The Hall–Kier alpha value is -1.11. The number of piperidine rings is 1. The van der Waals surface area contributed by atoms with Crippen molar-refractivity contribution in [1.29, 1.82) is 0 Å². The van der Waals surface area contributed by atoms with Crippen LogP contribution in [-0.4, -0.2) is 45.0 Å². The van der Waals surface area contributed by atoms with Gasteiger partial charge < -0.3 is 4.90 Å². The van der Waals surface area contributed by atoms with E-state index < -0.39 is 10.2 Å². The van der Waals surface area contributed by atoms with Gasteiger partial charge in [0, 0.05) is 0 Å². The number of nitrogens with one attached hydrogen (secondary N) is 1. The van der Waals surface area contributed by atoms with E-state index in [0.29, 0.717) is 6.54 Å². The molecule has 1 spiro atoms. The molecule has 2 aliphatic rings. The Bertz CT molecular complexity index is 565. The van der Waals surface area contributed by atoms with Crippen molar-refractivity contribution < 1.29 is 8.42 Å². The van der Waals surface area contributed by atoms with Crippen LogP contribution in [0.2, 0.25) is 0 Å². The molecule has 20 heavy (non-hydrogen) atoms. The van der Waals surface area contributed by atoms with E-state index in [1.807, 2.05) is 30.3 Å². The monoisotopic (exact) mass is 295 g/mol. The lowest BCUT2D eigenvalue weighted by molar-refractivity contribution is 0.168. The molecule has 0 amide bonds. The van der Waals surface area contributed by atoms with Gasteiger partial charge in [-0.15, -0.1) is 0 Å². The average molecular weight is 295 g/mol. The van der Waals surface area contributed by atoms with Crippen molar-refractivity contribution in [3.63, 3.8) is 0 Å². The number of anilines is 1. The Morgan fingerprint density at radius 3 is 2.45 bits per heavy atom. The van der Waals surface area contributed by atoms with Crippen LogP contribution in [0.4, 0.5) is 5.69 Å². The fraction of sp³-hybridized carbons (Fsp3) is 0.571. The minimum atomic E-state index is -3.41. The molecule has 2 fully saturated rings. The summed E-state index contributed by atoms with van der Waals surface area (Å²) in [7, 11) is -3.41. The topological polar surface area (TPSA) is 52.7 Å². The van der Waals surface area contributed by atoms with Crippen LogP contribution >= 0.6 is 0 Å². The van der Waals surface area contributed by atoms with E-state index in [0.717, 1.165) is 38.2 Å². The van der Waals surface area contributed by atoms with Gasteiger partial charge in [0.15, 0.2) is 0 Å². The van der Waals surface area contributed by atoms with Crippen LogP contribution in [0.5, 0.6) is 0 Å². The lowest BCUT2D eigenvalue weighted by Gasteiger charge is -2.37. The van der Waals surface area contributed by atoms with Crippen molar-refractivity contribution in [1.82, 2.24) is 9.62 Å². The van der Waals surface area contributed by atoms with E-state index >= 15 is 0 Å². The summed E-state index contributed by atoms with van der Waals surface area (Å²) in [5, 5.41) is 0. The predicted molar refractivity (Wildman–Crippen MR) is 79.9 cm³/mol. The average Bonchev–Trinajstić information content (AvgIpc) is 2.72. The van der Waals surface area contributed by atoms with Crippen LogP contribution < -0.4 is 9.03 Å². The summed E-state index contributed by atoms with van der Waals surface area (Å²) in [5.41, 5.74) is 0.454. The SMILES string of the molecule is CCN1CCC2(CC1)CN(c1ccccc1)S(=O)(=O)N2. The maximum Gasteiger partial charge on any atom is 0.302 e. The van der Waals surface area contributed by atoms with E-state index in [1.54, 1.807) is 0 Å². The Labute approximate surface area is 120 Å². The van der Waals surface area contributed by atoms with Gasteiger partial charge in [-0.25, -0.2) is 0 Å². The third-order valence-electron chi connectivity index (χ3n) is 4.39. The third-order valence-corrected chi connectivity index (χ3v) is 6.00. The highest BCUT2D eigenvalue weighted by Gasteiger charge is 2.48. The summed E-state index contributed by atoms with van der Waals surface area (Å²) >= 11 is 0. The fourth-order valence-corrected chi connectivity index (χ4v) is 4.85. The van der Waals surface area contributed by atoms with Gasteiger partial charge >= 0.3 is 10.2 Å². The molecule has 2 heterocycles. The van der Waals surface area contributed by atoms with Gasteiger partial charge in [0.25, 0.3) is 0 Å². The molecule has 2 saturated heterocycles. The van der Waals surface area contributed by atoms with Crippen molar-refractivity contribution in [3.05, 3.63) is 30.3 Å². The first kappa shape index (κ1) is 13.9. The summed E-state index contributed by atoms with van der Waals surface area (Å²) in [5.74, 6) is 0. The maximum absolute atomic E-state index is 12.4. The molecule has 1 aromatic carbocycles. The van der Waals surface area contributed by atoms with E-state index in [2.05, 4.69) is 16.5 Å². The summed E-state index contributed by atoms with van der Waals surface area (Å²) in [6, 6.07) is 9.33. The van der Waals surface area contributed by atoms with Gasteiger partial charge in [-0.2, -0.15) is 13.1 Å². The first-order valence-corrected chi connectivity index (χ1v) is 8.58. The van der Waals surface area contributed by atoms with Crippen LogP contribution in [0.1, 0.15) is 19.8 Å². The number of likely N-dealkylation sites (tertiary alicyclic amines) is 1. The van der Waals surface area contributed by atoms with E-state index in [1.165, 1.54) is 4.31 Å². The maximum atomic E-state index is 12.4. The zero-order valence-corrected chi connectivity index (χ0v) is 12.6. The minimum absolute atomic E-state index is 0.291. The Balaban J connectivity index is 1.83. The summed E-state index contributed by atoms with van der Waals surface area (Å²) in [6.45, 7) is 5.64. The Morgan fingerprint density at radius 2 is 1.85 bits per heavy atom. The molecule has 3 rings (SSSR count). The van der Waals surface area contributed by atoms with Crippen molar-refractivity contribution in [2.24, 2.45) is 0 Å². The van der Waals surface area contributed by atoms with Crippen molar-refractivity contribution in [2.45, 2.75) is 25.3 Å². The summed E-state index contributed by atoms with van der Waals surface area (Å²) < 4.78 is 29.2. The van der Waals surface area contributed by atoms with Gasteiger partial charge in [0.2, 0.25) is 0 Å². The van der Waals surface area contributed by atoms with Crippen molar-refractivity contribution in [3.8, 4) is 0 Å². The Morgan fingerprint density at radius 1 is 1.20 bits per heavy atom. The zero-order chi connectivity index (χ0) is 14.2. The van der Waals surface area contributed by atoms with Gasteiger partial charge in [-0.1, -0.05) is 25.1 Å². The fourth-order valence-electron chi connectivity index (χ4n) is 3.10. The molecule has 1 aromatic rings. The molecule has 0 radical (unpaired) electrons. The molecular weight excluding hydrogens is 274 g/mol. The number of rotatable bonds is 2. The van der Waals surface area contributed by atoms with Gasteiger partial charge in [0.05, 0.1) is 17.8 Å². The molecule has 2 aliphatic heterocycles. The van der Waals surface area contributed by atoms with Crippen LogP contribution in [0.15, 0.2) is 30.3 Å². The largest absolute Gasteiger partial charge is 0.303 e. The van der Waals surface area contributed by atoms with Crippen LogP contribution in [-0.2, 0) is 10.2 Å². The molecule has 0 aromatic heterocycles. The van der Waals surface area contributed by atoms with Crippen LogP contribution in [0.25, 0.3) is 0 Å². The second-order valence-corrected chi connectivity index (χ2v) is 7.26. The van der Waals surface area contributed by atoms with Gasteiger partial charge in [-0.3, -0.25) is 4.31 Å². The second kappa shape index (κ2) is 5.02. The van der Waals surface area contributed by atoms with E-state index in [9.17, 15) is 8.42 Å². The zero-order valence-electron chi connectivity index (χ0n) is 11.7. The molecule has 1 N–H and O–H groups in total. The molecule has 6 heteroatoms. The molecule has 0 saturated carbocycles. The predicted octanol–water partition coefficient (Wildman–Crippen LogP) is 1.20. The van der Waals surface area contributed by atoms with E-state index in [4.69, 9.17) is 0 Å². The van der Waals surface area contributed by atoms with Gasteiger partial charge in [0.1, 0.15) is 0 Å². The number of nitrogens with zero attached hydrogens (tertiary/aromatic N) is 2. The van der Waals surface area contributed by atoms with Gasteiger partial charge in [-0.05, 0) is 44.6 Å². The first-order chi connectivity index (χ1) is 9.55. The quantitative estimate of drug-likeness (QED) is 0.892. The minimum Gasteiger partial charge on any atom is -0.303 e. The Kier molecular flexibility index (Phi) is 3.48. The molecule has 0 bridgehead atoms. The summed E-state index contributed by atoms with van der Waals surface area (Å²) in [4.78, 5) is 2.37. The number of para-hydroxylation sites is 1. The number of hydrogen-bond donors (Lipinski definition) is 1. The molecule has 110 valence electrons. The number of hydrogen-bond acceptors (Lipinski definition) is 3. The molecule has 0 aliphatic carbocycles. The molecule has 5 nitrogen and oxygen atoms in total. The second-order valence-electron chi connectivity index (χ2n) is 5.66. The normalized spacial score (nSPS) is 25.1. The van der Waals surface area contributed by atoms with Crippen molar-refractivity contribution in [2.75, 3.05) is 30.5 Å². The number of benzene rings is 1. The van der Waals surface area contributed by atoms with E-state index in [-0.39, 0.29) is 5.54 Å². The highest BCUT2D eigenvalue weighted by Crippen LogP contribution is 2.33. The first-order valence-electron chi connectivity index (χ1n) is 7.14. The van der Waals surface area contributed by atoms with Crippen LogP contribution in [0.3, 0.4) is 0 Å². The molecule has 0 atom stereocenters. The lowest BCUT2D eigenvalue weighted by atomic mass is 9.88.